The van der Waals surface area contributed by atoms with Crippen LogP contribution in [0.4, 0.5) is 0 Å². The van der Waals surface area contributed by atoms with Crippen molar-refractivity contribution in [1.82, 2.24) is 4.98 Å². The molecule has 0 aliphatic rings. The summed E-state index contributed by atoms with van der Waals surface area (Å²) in [5, 5.41) is 1.10. The number of furan rings is 1. The van der Waals surface area contributed by atoms with E-state index >= 15 is 0 Å². The van der Waals surface area contributed by atoms with Crippen molar-refractivity contribution >= 4 is 22.1 Å². The van der Waals surface area contributed by atoms with E-state index in [-0.39, 0.29) is 0 Å². The van der Waals surface area contributed by atoms with Gasteiger partial charge in [-0.25, -0.2) is 0 Å². The lowest BCUT2D eigenvalue weighted by Gasteiger charge is -2.04. The van der Waals surface area contributed by atoms with Gasteiger partial charge in [-0.3, -0.25) is 4.98 Å². The molecule has 0 amide bonds. The fourth-order valence-corrected chi connectivity index (χ4v) is 3.12. The number of para-hydroxylation sites is 1. The quantitative estimate of drug-likeness (QED) is 0.448. The molecule has 0 bridgehead atoms. The van der Waals surface area contributed by atoms with Gasteiger partial charge in [-0.15, -0.1) is 0 Å². The minimum absolute atomic E-state index is 0.419. The van der Waals surface area contributed by atoms with Crippen molar-refractivity contribution < 1.29 is 4.42 Å². The Morgan fingerprint density at radius 2 is 1.70 bits per heavy atom. The van der Waals surface area contributed by atoms with Crippen LogP contribution in [0.1, 0.15) is 30.9 Å². The number of benzene rings is 2. The number of pyridine rings is 1. The Morgan fingerprint density at radius 3 is 2.43 bits per heavy atom. The number of nitrogens with zero attached hydrogens (tertiary/aromatic N) is 1. The molecule has 2 aromatic heterocycles. The molecule has 0 aliphatic heterocycles. The molecule has 2 aromatic carbocycles. The molecular weight excluding hydrogens is 282 g/mol. The highest BCUT2D eigenvalue weighted by molar-refractivity contribution is 6.08. The normalized spacial score (nSPS) is 11.7. The molecule has 4 aromatic rings. The SMILES string of the molecule is Cc1ccc(-c2ccnc3c2oc2c(C(C)C)cccc23)cc1. The minimum Gasteiger partial charge on any atom is -0.453 e. The second kappa shape index (κ2) is 5.24. The molecule has 23 heavy (non-hydrogen) atoms. The van der Waals surface area contributed by atoms with Crippen LogP contribution in [0.15, 0.2) is 59.1 Å². The summed E-state index contributed by atoms with van der Waals surface area (Å²) in [5.41, 5.74) is 7.53. The van der Waals surface area contributed by atoms with Gasteiger partial charge in [0.05, 0.1) is 0 Å². The van der Waals surface area contributed by atoms with Crippen LogP contribution in [0.2, 0.25) is 0 Å². The predicted octanol–water partition coefficient (Wildman–Crippen LogP) is 6.08. The predicted molar refractivity (Wildman–Crippen MR) is 95.8 cm³/mol. The van der Waals surface area contributed by atoms with Gasteiger partial charge in [0, 0.05) is 17.1 Å². The molecule has 0 saturated carbocycles. The Morgan fingerprint density at radius 1 is 0.913 bits per heavy atom. The van der Waals surface area contributed by atoms with Crippen molar-refractivity contribution in [3.05, 3.63) is 65.9 Å². The van der Waals surface area contributed by atoms with E-state index in [0.29, 0.717) is 5.92 Å². The van der Waals surface area contributed by atoms with E-state index in [1.54, 1.807) is 0 Å². The average Bonchev–Trinajstić information content (AvgIpc) is 2.94. The fraction of sp³-hybridized carbons (Fsp3) is 0.190. The lowest BCUT2D eigenvalue weighted by molar-refractivity contribution is 0.657. The third-order valence-corrected chi connectivity index (χ3v) is 4.39. The Kier molecular flexibility index (Phi) is 3.19. The summed E-state index contributed by atoms with van der Waals surface area (Å²) in [6.45, 7) is 6.48. The van der Waals surface area contributed by atoms with Crippen LogP contribution >= 0.6 is 0 Å². The summed E-state index contributed by atoms with van der Waals surface area (Å²) < 4.78 is 6.30. The van der Waals surface area contributed by atoms with E-state index in [1.165, 1.54) is 11.1 Å². The van der Waals surface area contributed by atoms with E-state index in [9.17, 15) is 0 Å². The maximum Gasteiger partial charge on any atom is 0.161 e. The number of aromatic nitrogens is 1. The van der Waals surface area contributed by atoms with Crippen molar-refractivity contribution in [1.29, 1.82) is 0 Å². The Hall–Kier alpha value is -2.61. The summed E-state index contributed by atoms with van der Waals surface area (Å²) in [6, 6.07) is 16.9. The molecule has 4 rings (SSSR count). The van der Waals surface area contributed by atoms with Crippen LogP contribution in [0.25, 0.3) is 33.2 Å². The largest absolute Gasteiger partial charge is 0.453 e. The van der Waals surface area contributed by atoms with E-state index < -0.39 is 0 Å². The van der Waals surface area contributed by atoms with Crippen LogP contribution in [0.3, 0.4) is 0 Å². The monoisotopic (exact) mass is 301 g/mol. The van der Waals surface area contributed by atoms with Gasteiger partial charge in [0.25, 0.3) is 0 Å². The maximum absolute atomic E-state index is 6.30. The van der Waals surface area contributed by atoms with E-state index in [0.717, 1.165) is 33.2 Å². The van der Waals surface area contributed by atoms with Gasteiger partial charge in [-0.05, 0) is 36.1 Å². The minimum atomic E-state index is 0.419. The first kappa shape index (κ1) is 14.0. The second-order valence-corrected chi connectivity index (χ2v) is 6.38. The van der Waals surface area contributed by atoms with Gasteiger partial charge >= 0.3 is 0 Å². The Labute approximate surface area is 135 Å². The zero-order valence-electron chi connectivity index (χ0n) is 13.6. The highest BCUT2D eigenvalue weighted by atomic mass is 16.3. The smallest absolute Gasteiger partial charge is 0.161 e. The molecule has 0 radical (unpaired) electrons. The van der Waals surface area contributed by atoms with Crippen molar-refractivity contribution in [3.63, 3.8) is 0 Å². The van der Waals surface area contributed by atoms with E-state index in [4.69, 9.17) is 4.42 Å². The zero-order valence-corrected chi connectivity index (χ0v) is 13.6. The molecule has 0 spiro atoms. The van der Waals surface area contributed by atoms with Crippen LogP contribution in [-0.4, -0.2) is 4.98 Å². The van der Waals surface area contributed by atoms with E-state index in [2.05, 4.69) is 68.2 Å². The molecule has 0 saturated heterocycles. The first-order valence-electron chi connectivity index (χ1n) is 8.02. The number of aryl methyl sites for hydroxylation is 1. The standard InChI is InChI=1S/C21H19NO/c1-13(2)16-5-4-6-18-19-21(23-20(16)18)17(11-12-22-19)15-9-7-14(3)8-10-15/h4-13H,1-3H3. The molecule has 2 heteroatoms. The number of fused-ring (bicyclic) bond motifs is 3. The van der Waals surface area contributed by atoms with Crippen LogP contribution in [0.5, 0.6) is 0 Å². The zero-order chi connectivity index (χ0) is 16.0. The maximum atomic E-state index is 6.30. The van der Waals surface area contributed by atoms with Gasteiger partial charge in [0.1, 0.15) is 11.1 Å². The first-order valence-corrected chi connectivity index (χ1v) is 8.02. The molecule has 0 atom stereocenters. The topological polar surface area (TPSA) is 26.0 Å². The van der Waals surface area contributed by atoms with Crippen molar-refractivity contribution in [2.75, 3.05) is 0 Å². The molecule has 114 valence electrons. The Balaban J connectivity index is 2.06. The number of hydrogen-bond acceptors (Lipinski definition) is 2. The molecule has 2 nitrogen and oxygen atoms in total. The van der Waals surface area contributed by atoms with Gasteiger partial charge in [0.15, 0.2) is 5.58 Å². The van der Waals surface area contributed by atoms with E-state index in [1.807, 2.05) is 12.3 Å². The van der Waals surface area contributed by atoms with Crippen LogP contribution in [-0.2, 0) is 0 Å². The third-order valence-electron chi connectivity index (χ3n) is 4.39. The summed E-state index contributed by atoms with van der Waals surface area (Å²) in [6.07, 6.45) is 1.87. The lowest BCUT2D eigenvalue weighted by atomic mass is 10.0. The fourth-order valence-electron chi connectivity index (χ4n) is 3.12. The summed E-state index contributed by atoms with van der Waals surface area (Å²) in [7, 11) is 0. The van der Waals surface area contributed by atoms with Gasteiger partial charge in [0.2, 0.25) is 0 Å². The third kappa shape index (κ3) is 2.22. The average molecular weight is 301 g/mol. The molecule has 0 fully saturated rings. The van der Waals surface area contributed by atoms with Crippen molar-refractivity contribution in [2.24, 2.45) is 0 Å². The first-order chi connectivity index (χ1) is 11.1. The highest BCUT2D eigenvalue weighted by Crippen LogP contribution is 2.37. The molecule has 0 aliphatic carbocycles. The Bertz CT molecular complexity index is 994. The van der Waals surface area contributed by atoms with Crippen molar-refractivity contribution in [2.45, 2.75) is 26.7 Å². The van der Waals surface area contributed by atoms with Gasteiger partial charge < -0.3 is 4.42 Å². The lowest BCUT2D eigenvalue weighted by Crippen LogP contribution is -1.86. The molecule has 0 unspecified atom stereocenters. The van der Waals surface area contributed by atoms with Gasteiger partial charge in [-0.1, -0.05) is 55.8 Å². The van der Waals surface area contributed by atoms with Gasteiger partial charge in [-0.2, -0.15) is 0 Å². The van der Waals surface area contributed by atoms with Crippen molar-refractivity contribution in [3.8, 4) is 11.1 Å². The number of rotatable bonds is 2. The van der Waals surface area contributed by atoms with Crippen LogP contribution in [0, 0.1) is 6.92 Å². The summed E-state index contributed by atoms with van der Waals surface area (Å²) in [4.78, 5) is 4.58. The molecular formula is C21H19NO. The number of hydrogen-bond donors (Lipinski definition) is 0. The highest BCUT2D eigenvalue weighted by Gasteiger charge is 2.16. The second-order valence-electron chi connectivity index (χ2n) is 6.38. The molecule has 2 heterocycles. The molecule has 0 N–H and O–H groups in total. The summed E-state index contributed by atoms with van der Waals surface area (Å²) >= 11 is 0. The summed E-state index contributed by atoms with van der Waals surface area (Å²) in [5.74, 6) is 0.419. The van der Waals surface area contributed by atoms with Crippen LogP contribution < -0.4 is 0 Å².